The summed E-state index contributed by atoms with van der Waals surface area (Å²) >= 11 is 0. The fraction of sp³-hybridized carbons (Fsp3) is 0.111. The molecule has 3 aliphatic rings. The average molecular weight is 557 g/mol. The summed E-state index contributed by atoms with van der Waals surface area (Å²) in [5.74, 6) is -2.23. The van der Waals surface area contributed by atoms with E-state index in [2.05, 4.69) is 36.4 Å². The number of aryl methyl sites for hydroxylation is 1. The Morgan fingerprint density at radius 3 is 1.73 bits per heavy atom. The first kappa shape index (κ1) is 25.7. The Kier molecular flexibility index (Phi) is 6.24. The third-order valence-corrected chi connectivity index (χ3v) is 9.31. The Hall–Kier alpha value is -4.29. The molecule has 0 N–H and O–H groups in total. The topological polar surface area (TPSA) is 52.6 Å². The second-order valence-electron chi connectivity index (χ2n) is 10.5. The Labute approximate surface area is 240 Å². The highest BCUT2D eigenvalue weighted by Gasteiger charge is 2.59. The van der Waals surface area contributed by atoms with Crippen molar-refractivity contribution in [3.8, 4) is 0 Å². The van der Waals surface area contributed by atoms with Gasteiger partial charge in [0.2, 0.25) is 5.79 Å². The molecule has 5 heteroatoms. The fourth-order valence-electron chi connectivity index (χ4n) is 6.18. The maximum atomic E-state index is 14.1. The number of benzene rings is 5. The van der Waals surface area contributed by atoms with E-state index < -0.39 is 27.9 Å². The maximum Gasteiger partial charge on any atom is 0.299 e. The van der Waals surface area contributed by atoms with Crippen LogP contribution in [0.3, 0.4) is 0 Å². The van der Waals surface area contributed by atoms with Crippen LogP contribution >= 0.6 is 0 Å². The van der Waals surface area contributed by atoms with Crippen LogP contribution in [-0.4, -0.2) is 8.42 Å². The largest absolute Gasteiger partial charge is 0.331 e. The van der Waals surface area contributed by atoms with E-state index >= 15 is 0 Å². The van der Waals surface area contributed by atoms with Crippen LogP contribution in [-0.2, 0) is 24.8 Å². The SMILES string of the molecule is Cc1ccc(S(=O)(=O)OC2(c3ccccc3)OC3C(c4ccccc4)=C(c4ccccc4)C2c2ccccc23)cc1. The van der Waals surface area contributed by atoms with Gasteiger partial charge < -0.3 is 4.74 Å². The zero-order chi connectivity index (χ0) is 28.0. The van der Waals surface area contributed by atoms with E-state index in [4.69, 9.17) is 8.92 Å². The van der Waals surface area contributed by atoms with Crippen molar-refractivity contribution >= 4 is 21.3 Å². The number of ether oxygens (including phenoxy) is 1. The lowest BCUT2D eigenvalue weighted by atomic mass is 9.65. The summed E-state index contributed by atoms with van der Waals surface area (Å²) in [6.45, 7) is 1.92. The summed E-state index contributed by atoms with van der Waals surface area (Å²) in [6.07, 6.45) is -0.567. The van der Waals surface area contributed by atoms with Crippen molar-refractivity contribution in [2.75, 3.05) is 0 Å². The highest BCUT2D eigenvalue weighted by atomic mass is 32.2. The average Bonchev–Trinajstić information content (AvgIpc) is 3.02. The van der Waals surface area contributed by atoms with Gasteiger partial charge in [0, 0.05) is 5.56 Å². The molecule has 3 unspecified atom stereocenters. The Bertz CT molecular complexity index is 1850. The van der Waals surface area contributed by atoms with Gasteiger partial charge in [0.1, 0.15) is 6.10 Å². The van der Waals surface area contributed by atoms with Gasteiger partial charge >= 0.3 is 0 Å². The van der Waals surface area contributed by atoms with Crippen LogP contribution in [0.25, 0.3) is 11.1 Å². The van der Waals surface area contributed by atoms with Crippen molar-refractivity contribution in [1.82, 2.24) is 0 Å². The molecule has 41 heavy (non-hydrogen) atoms. The van der Waals surface area contributed by atoms with E-state index in [1.54, 1.807) is 24.3 Å². The van der Waals surface area contributed by atoms with E-state index in [1.165, 1.54) is 0 Å². The van der Waals surface area contributed by atoms with Crippen LogP contribution in [0, 0.1) is 6.92 Å². The normalized spacial score (nSPS) is 21.5. The first-order valence-corrected chi connectivity index (χ1v) is 15.1. The number of hydrogen-bond donors (Lipinski definition) is 0. The summed E-state index contributed by atoms with van der Waals surface area (Å²) in [7, 11) is -4.24. The van der Waals surface area contributed by atoms with Gasteiger partial charge in [-0.2, -0.15) is 8.42 Å². The molecule has 3 atom stereocenters. The number of fused-ring (bicyclic) bond motifs is 1. The summed E-state index contributed by atoms with van der Waals surface area (Å²) in [5.41, 5.74) is 7.64. The third-order valence-electron chi connectivity index (χ3n) is 7.99. The van der Waals surface area contributed by atoms with Crippen LogP contribution in [0.5, 0.6) is 0 Å². The summed E-state index contributed by atoms with van der Waals surface area (Å²) in [6, 6.07) is 44.7. The summed E-state index contributed by atoms with van der Waals surface area (Å²) < 4.78 is 41.6. The molecular formula is C36H28O4S. The molecule has 4 nitrogen and oxygen atoms in total. The third kappa shape index (κ3) is 4.25. The molecule has 0 amide bonds. The molecule has 2 heterocycles. The second kappa shape index (κ2) is 9.96. The number of hydrogen-bond acceptors (Lipinski definition) is 4. The van der Waals surface area contributed by atoms with Crippen LogP contribution in [0.2, 0.25) is 0 Å². The molecule has 2 bridgehead atoms. The smallest absolute Gasteiger partial charge is 0.299 e. The van der Waals surface area contributed by atoms with E-state index in [0.717, 1.165) is 39.0 Å². The fourth-order valence-corrected chi connectivity index (χ4v) is 7.31. The van der Waals surface area contributed by atoms with Crippen LogP contribution in [0.15, 0.2) is 144 Å². The predicted molar refractivity (Wildman–Crippen MR) is 160 cm³/mol. The quantitative estimate of drug-likeness (QED) is 0.199. The molecule has 0 saturated heterocycles. The van der Waals surface area contributed by atoms with Crippen molar-refractivity contribution < 1.29 is 17.3 Å². The van der Waals surface area contributed by atoms with Crippen LogP contribution in [0.4, 0.5) is 0 Å². The second-order valence-corrected chi connectivity index (χ2v) is 12.0. The first-order valence-electron chi connectivity index (χ1n) is 13.7. The molecule has 5 aromatic carbocycles. The van der Waals surface area contributed by atoms with E-state index in [1.807, 2.05) is 85.8 Å². The van der Waals surface area contributed by atoms with Gasteiger partial charge in [-0.3, -0.25) is 0 Å². The zero-order valence-corrected chi connectivity index (χ0v) is 23.3. The van der Waals surface area contributed by atoms with E-state index in [0.29, 0.717) is 5.56 Å². The van der Waals surface area contributed by atoms with Crippen molar-refractivity contribution in [2.45, 2.75) is 29.6 Å². The van der Waals surface area contributed by atoms with E-state index in [9.17, 15) is 8.42 Å². The minimum Gasteiger partial charge on any atom is -0.331 e. The minimum absolute atomic E-state index is 0.0882. The van der Waals surface area contributed by atoms with Crippen molar-refractivity contribution in [3.05, 3.63) is 173 Å². The molecule has 0 aromatic heterocycles. The van der Waals surface area contributed by atoms with Gasteiger partial charge in [0.05, 0.1) is 10.8 Å². The highest BCUT2D eigenvalue weighted by molar-refractivity contribution is 7.86. The predicted octanol–water partition coefficient (Wildman–Crippen LogP) is 8.03. The lowest BCUT2D eigenvalue weighted by molar-refractivity contribution is -0.227. The van der Waals surface area contributed by atoms with Gasteiger partial charge in [-0.15, -0.1) is 0 Å². The van der Waals surface area contributed by atoms with Gasteiger partial charge in [-0.1, -0.05) is 133 Å². The lowest BCUT2D eigenvalue weighted by Gasteiger charge is -2.53. The molecule has 5 aromatic rings. The first-order chi connectivity index (χ1) is 20.0. The molecular weight excluding hydrogens is 528 g/mol. The number of rotatable bonds is 6. The van der Waals surface area contributed by atoms with Crippen molar-refractivity contribution in [2.24, 2.45) is 0 Å². The molecule has 1 aliphatic carbocycles. The summed E-state index contributed by atoms with van der Waals surface area (Å²) in [4.78, 5) is 0.0882. The molecule has 2 aliphatic heterocycles. The molecule has 0 fully saturated rings. The minimum atomic E-state index is -4.24. The van der Waals surface area contributed by atoms with Crippen LogP contribution in [0.1, 0.15) is 45.4 Å². The van der Waals surface area contributed by atoms with Crippen molar-refractivity contribution in [1.29, 1.82) is 0 Å². The monoisotopic (exact) mass is 556 g/mol. The van der Waals surface area contributed by atoms with Gasteiger partial charge in [-0.25, -0.2) is 4.18 Å². The molecule has 8 rings (SSSR count). The lowest BCUT2D eigenvalue weighted by Crippen LogP contribution is -2.49. The van der Waals surface area contributed by atoms with Gasteiger partial charge in [0.15, 0.2) is 0 Å². The van der Waals surface area contributed by atoms with Gasteiger partial charge in [0.25, 0.3) is 10.1 Å². The zero-order valence-electron chi connectivity index (χ0n) is 22.5. The standard InChI is InChI=1S/C36H28O4S/c1-25-21-23-29(24-22-25)41(37,38)40-36(28-17-9-4-10-18-28)34-30-19-11-12-20-31(30)35(39-36)33(27-15-7-3-8-16-27)32(34)26-13-5-2-6-14-26/h2-24,34-35H,1H3. The van der Waals surface area contributed by atoms with E-state index in [-0.39, 0.29) is 4.90 Å². The maximum absolute atomic E-state index is 14.1. The molecule has 0 radical (unpaired) electrons. The van der Waals surface area contributed by atoms with Crippen LogP contribution < -0.4 is 0 Å². The van der Waals surface area contributed by atoms with Crippen molar-refractivity contribution in [3.63, 3.8) is 0 Å². The Balaban J connectivity index is 1.54. The molecule has 0 spiro atoms. The Morgan fingerprint density at radius 1 is 0.610 bits per heavy atom. The Morgan fingerprint density at radius 2 is 1.12 bits per heavy atom. The summed E-state index contributed by atoms with van der Waals surface area (Å²) in [5, 5.41) is 0. The van der Waals surface area contributed by atoms with Gasteiger partial charge in [-0.05, 0) is 52.5 Å². The highest BCUT2D eigenvalue weighted by Crippen LogP contribution is 2.65. The molecule has 0 saturated carbocycles. The molecule has 202 valence electrons.